The zero-order valence-corrected chi connectivity index (χ0v) is 12.4. The first-order valence-corrected chi connectivity index (χ1v) is 7.71. The molecule has 2 aliphatic rings. The first-order chi connectivity index (χ1) is 9.18. The molecule has 1 aliphatic carbocycles. The van der Waals surface area contributed by atoms with E-state index in [-0.39, 0.29) is 5.41 Å². The van der Waals surface area contributed by atoms with Gasteiger partial charge in [-0.25, -0.2) is 0 Å². The van der Waals surface area contributed by atoms with Gasteiger partial charge in [0.05, 0.1) is 11.6 Å². The Kier molecular flexibility index (Phi) is 3.48. The summed E-state index contributed by atoms with van der Waals surface area (Å²) >= 11 is 6.45. The fraction of sp³-hybridized carbons (Fsp3) is 0.625. The Morgan fingerprint density at radius 1 is 1.32 bits per heavy atom. The van der Waals surface area contributed by atoms with Gasteiger partial charge < -0.3 is 10.5 Å². The highest BCUT2D eigenvalue weighted by Gasteiger charge is 2.37. The molecule has 0 radical (unpaired) electrons. The maximum atomic E-state index is 6.45. The van der Waals surface area contributed by atoms with Crippen molar-refractivity contribution in [2.45, 2.75) is 50.9 Å². The first kappa shape index (κ1) is 13.3. The van der Waals surface area contributed by atoms with Crippen molar-refractivity contribution in [3.8, 4) is 5.75 Å². The van der Waals surface area contributed by atoms with Crippen LogP contribution in [0.2, 0.25) is 5.02 Å². The zero-order valence-electron chi connectivity index (χ0n) is 11.6. The summed E-state index contributed by atoms with van der Waals surface area (Å²) in [6, 6.07) is 2.12. The molecular formula is C16H22ClNO. The van der Waals surface area contributed by atoms with Gasteiger partial charge in [0.1, 0.15) is 5.75 Å². The van der Waals surface area contributed by atoms with Crippen LogP contribution in [-0.2, 0) is 11.8 Å². The van der Waals surface area contributed by atoms with Gasteiger partial charge in [-0.2, -0.15) is 0 Å². The summed E-state index contributed by atoms with van der Waals surface area (Å²) in [5, 5.41) is 0.773. The highest BCUT2D eigenvalue weighted by Crippen LogP contribution is 2.46. The average Bonchev–Trinajstić information content (AvgIpc) is 2.93. The van der Waals surface area contributed by atoms with Gasteiger partial charge >= 0.3 is 0 Å². The Morgan fingerprint density at radius 2 is 2.05 bits per heavy atom. The van der Waals surface area contributed by atoms with Crippen LogP contribution in [0.25, 0.3) is 0 Å². The van der Waals surface area contributed by atoms with Crippen LogP contribution in [0.5, 0.6) is 5.75 Å². The number of rotatable bonds is 2. The third-order valence-electron chi connectivity index (χ3n) is 4.96. The van der Waals surface area contributed by atoms with Gasteiger partial charge in [0, 0.05) is 12.0 Å². The number of hydrogen-bond acceptors (Lipinski definition) is 2. The highest BCUT2D eigenvalue weighted by molar-refractivity contribution is 6.32. The van der Waals surface area contributed by atoms with E-state index >= 15 is 0 Å². The Labute approximate surface area is 120 Å². The van der Waals surface area contributed by atoms with Crippen molar-refractivity contribution >= 4 is 11.6 Å². The molecule has 1 aliphatic heterocycles. The predicted octanol–water partition coefficient (Wildman–Crippen LogP) is 3.74. The van der Waals surface area contributed by atoms with Gasteiger partial charge in [0.2, 0.25) is 0 Å². The van der Waals surface area contributed by atoms with E-state index in [0.717, 1.165) is 36.8 Å². The van der Waals surface area contributed by atoms with Crippen molar-refractivity contribution in [2.24, 2.45) is 5.73 Å². The number of hydrogen-bond donors (Lipinski definition) is 1. The second kappa shape index (κ2) is 4.99. The molecule has 1 saturated carbocycles. The van der Waals surface area contributed by atoms with Crippen LogP contribution in [0.15, 0.2) is 6.07 Å². The molecule has 0 aromatic heterocycles. The lowest BCUT2D eigenvalue weighted by Gasteiger charge is -2.32. The normalized spacial score (nSPS) is 21.0. The summed E-state index contributed by atoms with van der Waals surface area (Å²) in [7, 11) is 0. The largest absolute Gasteiger partial charge is 0.492 e. The van der Waals surface area contributed by atoms with Crippen LogP contribution in [-0.4, -0.2) is 13.2 Å². The molecule has 0 saturated heterocycles. The zero-order chi connectivity index (χ0) is 13.5. The molecule has 3 rings (SSSR count). The molecule has 2 nitrogen and oxygen atoms in total. The van der Waals surface area contributed by atoms with Crippen LogP contribution >= 0.6 is 11.6 Å². The van der Waals surface area contributed by atoms with Crippen molar-refractivity contribution in [3.63, 3.8) is 0 Å². The van der Waals surface area contributed by atoms with Gasteiger partial charge in [0.15, 0.2) is 0 Å². The topological polar surface area (TPSA) is 35.2 Å². The molecule has 0 bridgehead atoms. The molecule has 1 heterocycles. The molecule has 2 N–H and O–H groups in total. The lowest BCUT2D eigenvalue weighted by molar-refractivity contribution is 0.287. The Bertz CT molecular complexity index is 492. The molecule has 1 fully saturated rings. The van der Waals surface area contributed by atoms with E-state index in [1.54, 1.807) is 0 Å². The Hall–Kier alpha value is -0.730. The molecule has 0 spiro atoms. The Morgan fingerprint density at radius 3 is 2.74 bits per heavy atom. The summed E-state index contributed by atoms with van der Waals surface area (Å²) < 4.78 is 5.76. The minimum atomic E-state index is 0.153. The van der Waals surface area contributed by atoms with E-state index in [0.29, 0.717) is 0 Å². The average molecular weight is 280 g/mol. The molecule has 0 amide bonds. The van der Waals surface area contributed by atoms with Gasteiger partial charge in [-0.3, -0.25) is 0 Å². The smallest absolute Gasteiger partial charge is 0.141 e. The third-order valence-corrected chi connectivity index (χ3v) is 5.24. The Balaban J connectivity index is 2.14. The summed E-state index contributed by atoms with van der Waals surface area (Å²) in [5.74, 6) is 0.916. The number of nitrogens with two attached hydrogens (primary N) is 1. The minimum absolute atomic E-state index is 0.153. The highest BCUT2D eigenvalue weighted by atomic mass is 35.5. The summed E-state index contributed by atoms with van der Waals surface area (Å²) in [4.78, 5) is 0. The van der Waals surface area contributed by atoms with Crippen molar-refractivity contribution in [3.05, 3.63) is 27.8 Å². The third kappa shape index (κ3) is 2.05. The van der Waals surface area contributed by atoms with E-state index in [9.17, 15) is 0 Å². The molecule has 0 atom stereocenters. The fourth-order valence-corrected chi connectivity index (χ4v) is 4.12. The van der Waals surface area contributed by atoms with E-state index in [2.05, 4.69) is 13.0 Å². The predicted molar refractivity (Wildman–Crippen MR) is 79.2 cm³/mol. The number of fused-ring (bicyclic) bond motifs is 1. The van der Waals surface area contributed by atoms with Crippen molar-refractivity contribution in [1.29, 1.82) is 0 Å². The summed E-state index contributed by atoms with van der Waals surface area (Å²) in [5.41, 5.74) is 10.3. The number of halogens is 1. The maximum Gasteiger partial charge on any atom is 0.141 e. The van der Waals surface area contributed by atoms with Crippen molar-refractivity contribution in [2.75, 3.05) is 13.2 Å². The van der Waals surface area contributed by atoms with Gasteiger partial charge in [-0.1, -0.05) is 24.4 Å². The molecule has 3 heteroatoms. The van der Waals surface area contributed by atoms with E-state index in [1.807, 2.05) is 0 Å². The molecule has 19 heavy (non-hydrogen) atoms. The van der Waals surface area contributed by atoms with E-state index in [1.165, 1.54) is 42.4 Å². The quantitative estimate of drug-likeness (QED) is 0.895. The second-order valence-corrected chi connectivity index (χ2v) is 6.39. The van der Waals surface area contributed by atoms with Gasteiger partial charge in [-0.15, -0.1) is 0 Å². The van der Waals surface area contributed by atoms with Gasteiger partial charge in [0.25, 0.3) is 0 Å². The SMILES string of the molecule is Cc1c(C2(CN)CCCC2)cc(Cl)c2c1CCCO2. The molecule has 104 valence electrons. The maximum absolute atomic E-state index is 6.45. The van der Waals surface area contributed by atoms with Crippen molar-refractivity contribution < 1.29 is 4.74 Å². The van der Waals surface area contributed by atoms with Crippen LogP contribution in [0.3, 0.4) is 0 Å². The standard InChI is InChI=1S/C16H22ClNO/c1-11-12-5-4-8-19-15(12)14(17)9-13(11)16(10-18)6-2-3-7-16/h9H,2-8,10,18H2,1H3. The van der Waals surface area contributed by atoms with Gasteiger partial charge in [-0.05, 0) is 55.4 Å². The first-order valence-electron chi connectivity index (χ1n) is 7.33. The number of benzene rings is 1. The minimum Gasteiger partial charge on any atom is -0.492 e. The van der Waals surface area contributed by atoms with Crippen LogP contribution in [0.4, 0.5) is 0 Å². The van der Waals surface area contributed by atoms with Crippen LogP contribution < -0.4 is 10.5 Å². The summed E-state index contributed by atoms with van der Waals surface area (Å²) in [6.45, 7) is 3.73. The molecular weight excluding hydrogens is 258 g/mol. The van der Waals surface area contributed by atoms with E-state index in [4.69, 9.17) is 22.1 Å². The molecule has 1 aromatic rings. The monoisotopic (exact) mass is 279 g/mol. The fourth-order valence-electron chi connectivity index (χ4n) is 3.84. The van der Waals surface area contributed by atoms with Crippen LogP contribution in [0.1, 0.15) is 48.8 Å². The lowest BCUT2D eigenvalue weighted by atomic mass is 9.75. The number of ether oxygens (including phenoxy) is 1. The van der Waals surface area contributed by atoms with Crippen LogP contribution in [0, 0.1) is 6.92 Å². The molecule has 1 aromatic carbocycles. The molecule has 0 unspecified atom stereocenters. The second-order valence-electron chi connectivity index (χ2n) is 5.98. The van der Waals surface area contributed by atoms with Crippen molar-refractivity contribution in [1.82, 2.24) is 0 Å². The summed E-state index contributed by atoms with van der Waals surface area (Å²) in [6.07, 6.45) is 7.11. The van der Waals surface area contributed by atoms with E-state index < -0.39 is 0 Å². The lowest BCUT2D eigenvalue weighted by Crippen LogP contribution is -2.33.